The molecule has 42 heavy (non-hydrogen) atoms. The van der Waals surface area contributed by atoms with E-state index in [-0.39, 0.29) is 18.3 Å². The van der Waals surface area contributed by atoms with Crippen LogP contribution in [0.4, 0.5) is 0 Å². The Kier molecular flexibility index (Phi) is 12.8. The number of guanidine groups is 1. The van der Waals surface area contributed by atoms with E-state index < -0.39 is 29.9 Å². The third-order valence-corrected chi connectivity index (χ3v) is 6.93. The lowest BCUT2D eigenvalue weighted by atomic mass is 10.0. The summed E-state index contributed by atoms with van der Waals surface area (Å²) >= 11 is 0. The second-order valence-electron chi connectivity index (χ2n) is 10.2. The van der Waals surface area contributed by atoms with Crippen LogP contribution >= 0.6 is 0 Å². The van der Waals surface area contributed by atoms with Gasteiger partial charge in [0.25, 0.3) is 0 Å². The van der Waals surface area contributed by atoms with Crippen molar-refractivity contribution in [2.24, 2.45) is 27.9 Å². The monoisotopic (exact) mass is 577 g/mol. The number of aromatic nitrogens is 1. The van der Waals surface area contributed by atoms with E-state index in [4.69, 9.17) is 22.9 Å². The van der Waals surface area contributed by atoms with Gasteiger partial charge in [0.1, 0.15) is 12.1 Å². The van der Waals surface area contributed by atoms with Gasteiger partial charge in [-0.3, -0.25) is 19.4 Å². The highest BCUT2D eigenvalue weighted by molar-refractivity contribution is 5.94. The first-order valence-corrected chi connectivity index (χ1v) is 14.3. The fourth-order valence-corrected chi connectivity index (χ4v) is 4.60. The number of carbonyl (C=O) groups is 3. The number of hydrogen-bond acceptors (Lipinski definition) is 6. The van der Waals surface area contributed by atoms with Gasteiger partial charge in [-0.15, -0.1) is 0 Å². The SMILES string of the molecule is NCCCC[C@H](NC(=O)[C@H](Cc1c[nH]c2ccccc12)NC(=O)[C@@H](N)CCCN=C(N)N)C(=O)NCc1ccccc1. The van der Waals surface area contributed by atoms with Crippen LogP contribution < -0.4 is 38.9 Å². The Morgan fingerprint density at radius 2 is 1.55 bits per heavy atom. The number of nitrogens with one attached hydrogen (secondary N) is 4. The predicted molar refractivity (Wildman–Crippen MR) is 165 cm³/mol. The number of carbonyl (C=O) groups excluding carboxylic acids is 3. The number of H-pyrrole nitrogens is 1. The van der Waals surface area contributed by atoms with Gasteiger partial charge in [0, 0.05) is 36.6 Å². The van der Waals surface area contributed by atoms with Crippen LogP contribution in [0.3, 0.4) is 0 Å². The van der Waals surface area contributed by atoms with Gasteiger partial charge >= 0.3 is 0 Å². The van der Waals surface area contributed by atoms with E-state index in [0.29, 0.717) is 51.7 Å². The Morgan fingerprint density at radius 3 is 2.29 bits per heavy atom. The van der Waals surface area contributed by atoms with Crippen molar-refractivity contribution < 1.29 is 14.4 Å². The lowest BCUT2D eigenvalue weighted by molar-refractivity contribution is -0.132. The van der Waals surface area contributed by atoms with Gasteiger partial charge in [-0.2, -0.15) is 0 Å². The number of nitrogens with zero attached hydrogens (tertiary/aromatic N) is 1. The van der Waals surface area contributed by atoms with Crippen molar-refractivity contribution in [1.29, 1.82) is 0 Å². The molecule has 12 nitrogen and oxygen atoms in total. The molecule has 3 atom stereocenters. The van der Waals surface area contributed by atoms with Crippen LogP contribution in [0, 0.1) is 0 Å². The second-order valence-corrected chi connectivity index (χ2v) is 10.2. The van der Waals surface area contributed by atoms with Gasteiger partial charge < -0.3 is 43.9 Å². The van der Waals surface area contributed by atoms with E-state index in [0.717, 1.165) is 22.0 Å². The first-order chi connectivity index (χ1) is 20.3. The maximum absolute atomic E-state index is 13.7. The van der Waals surface area contributed by atoms with E-state index in [2.05, 4.69) is 25.9 Å². The van der Waals surface area contributed by atoms with Crippen molar-refractivity contribution in [3.63, 3.8) is 0 Å². The highest BCUT2D eigenvalue weighted by Crippen LogP contribution is 2.19. The molecule has 1 heterocycles. The Morgan fingerprint density at radius 1 is 0.833 bits per heavy atom. The van der Waals surface area contributed by atoms with Gasteiger partial charge in [0.15, 0.2) is 5.96 Å². The van der Waals surface area contributed by atoms with Crippen LogP contribution in [-0.4, -0.2) is 59.9 Å². The Balaban J connectivity index is 1.75. The molecule has 0 radical (unpaired) electrons. The van der Waals surface area contributed by atoms with Gasteiger partial charge in [-0.25, -0.2) is 0 Å². The van der Waals surface area contributed by atoms with E-state index in [9.17, 15) is 14.4 Å². The lowest BCUT2D eigenvalue weighted by Crippen LogP contribution is -2.56. The third-order valence-electron chi connectivity index (χ3n) is 6.93. The number of amides is 3. The molecule has 3 rings (SSSR count). The molecule has 0 bridgehead atoms. The largest absolute Gasteiger partial charge is 0.370 e. The van der Waals surface area contributed by atoms with Crippen molar-refractivity contribution in [2.75, 3.05) is 13.1 Å². The number of aromatic amines is 1. The summed E-state index contributed by atoms with van der Waals surface area (Å²) in [5.41, 5.74) is 25.2. The number of benzene rings is 2. The molecular weight excluding hydrogens is 534 g/mol. The minimum Gasteiger partial charge on any atom is -0.370 e. The minimum absolute atomic E-state index is 0.0303. The fraction of sp³-hybridized carbons (Fsp3) is 0.400. The molecule has 226 valence electrons. The summed E-state index contributed by atoms with van der Waals surface area (Å²) in [5, 5.41) is 9.54. The molecule has 0 aliphatic rings. The quantitative estimate of drug-likeness (QED) is 0.0644. The normalized spacial score (nSPS) is 13.1. The molecule has 3 aromatic rings. The van der Waals surface area contributed by atoms with Crippen LogP contribution in [0.2, 0.25) is 0 Å². The van der Waals surface area contributed by atoms with Crippen LogP contribution in [0.15, 0.2) is 65.8 Å². The van der Waals surface area contributed by atoms with Gasteiger partial charge in [-0.05, 0) is 55.8 Å². The molecule has 0 aliphatic heterocycles. The fourth-order valence-electron chi connectivity index (χ4n) is 4.60. The molecular formula is C30H43N9O3. The summed E-state index contributed by atoms with van der Waals surface area (Å²) < 4.78 is 0. The van der Waals surface area contributed by atoms with Crippen molar-refractivity contribution in [3.8, 4) is 0 Å². The van der Waals surface area contributed by atoms with E-state index in [1.54, 1.807) is 0 Å². The number of rotatable bonds is 17. The molecule has 0 fully saturated rings. The van der Waals surface area contributed by atoms with E-state index >= 15 is 0 Å². The molecule has 2 aromatic carbocycles. The molecule has 0 saturated heterocycles. The standard InChI is InChI=1S/C30H43N9O3/c31-15-7-6-14-25(28(41)37-18-20-9-2-1-3-10-20)38-29(42)26(17-21-19-36-24-13-5-4-11-22(21)24)39-27(40)23(32)12-8-16-35-30(33)34/h1-5,9-11,13,19,23,25-26,36H,6-8,12,14-18,31-32H2,(H,37,41)(H,38,42)(H,39,40)(H4,33,34,35)/t23-,25-,26-/m0/s1. The minimum atomic E-state index is -0.973. The Bertz CT molecular complexity index is 1320. The number of para-hydroxylation sites is 1. The highest BCUT2D eigenvalue weighted by atomic mass is 16.2. The van der Waals surface area contributed by atoms with Gasteiger partial charge in [0.05, 0.1) is 6.04 Å². The Labute approximate surface area is 246 Å². The number of aliphatic imine (C=N–C) groups is 1. The maximum Gasteiger partial charge on any atom is 0.243 e. The number of fused-ring (bicyclic) bond motifs is 1. The predicted octanol–water partition coefficient (Wildman–Crippen LogP) is 0.506. The molecule has 12 N–H and O–H groups in total. The second kappa shape index (κ2) is 16.7. The molecule has 3 amide bonds. The van der Waals surface area contributed by atoms with Crippen molar-refractivity contribution in [3.05, 3.63) is 71.9 Å². The van der Waals surface area contributed by atoms with Crippen LogP contribution in [0.1, 0.15) is 43.2 Å². The highest BCUT2D eigenvalue weighted by Gasteiger charge is 2.29. The molecule has 0 aliphatic carbocycles. The zero-order valence-corrected chi connectivity index (χ0v) is 23.9. The summed E-state index contributed by atoms with van der Waals surface area (Å²) in [6.07, 6.45) is 4.61. The molecule has 12 heteroatoms. The van der Waals surface area contributed by atoms with Crippen molar-refractivity contribution in [2.45, 2.75) is 63.2 Å². The summed E-state index contributed by atoms with van der Waals surface area (Å²) in [4.78, 5) is 47.1. The molecule has 0 saturated carbocycles. The molecule has 0 unspecified atom stereocenters. The van der Waals surface area contributed by atoms with E-state index in [1.807, 2.05) is 60.8 Å². The lowest BCUT2D eigenvalue weighted by Gasteiger charge is -2.24. The number of hydrogen-bond donors (Lipinski definition) is 8. The maximum atomic E-state index is 13.7. The first-order valence-electron chi connectivity index (χ1n) is 14.3. The summed E-state index contributed by atoms with van der Waals surface area (Å²) in [7, 11) is 0. The first kappa shape index (κ1) is 32.1. The number of unbranched alkanes of at least 4 members (excludes halogenated alkanes) is 1. The zero-order valence-electron chi connectivity index (χ0n) is 23.9. The summed E-state index contributed by atoms with van der Waals surface area (Å²) in [5.74, 6) is -1.29. The third kappa shape index (κ3) is 10.2. The van der Waals surface area contributed by atoms with Crippen LogP contribution in [0.25, 0.3) is 10.9 Å². The van der Waals surface area contributed by atoms with Crippen LogP contribution in [-0.2, 0) is 27.3 Å². The Hall–Kier alpha value is -4.42. The average molecular weight is 578 g/mol. The summed E-state index contributed by atoms with van der Waals surface area (Å²) in [6, 6.07) is 14.6. The topological polar surface area (TPSA) is 220 Å². The zero-order chi connectivity index (χ0) is 30.3. The van der Waals surface area contributed by atoms with E-state index in [1.165, 1.54) is 0 Å². The smallest absolute Gasteiger partial charge is 0.243 e. The van der Waals surface area contributed by atoms with Crippen LogP contribution in [0.5, 0.6) is 0 Å². The van der Waals surface area contributed by atoms with Crippen molar-refractivity contribution >= 4 is 34.6 Å². The van der Waals surface area contributed by atoms with Gasteiger partial charge in [0.2, 0.25) is 17.7 Å². The average Bonchev–Trinajstić information content (AvgIpc) is 3.40. The summed E-state index contributed by atoms with van der Waals surface area (Å²) in [6.45, 7) is 1.14. The molecule has 1 aromatic heterocycles. The van der Waals surface area contributed by atoms with Gasteiger partial charge in [-0.1, -0.05) is 48.5 Å². The number of nitrogens with two attached hydrogens (primary N) is 4. The van der Waals surface area contributed by atoms with Crippen molar-refractivity contribution in [1.82, 2.24) is 20.9 Å². The molecule has 0 spiro atoms.